The molecule has 1 aromatic heterocycles. The van der Waals surface area contributed by atoms with Crippen LogP contribution in [0.1, 0.15) is 0 Å². The minimum atomic E-state index is 0.628. The van der Waals surface area contributed by atoms with E-state index in [0.717, 1.165) is 20.9 Å². The van der Waals surface area contributed by atoms with Crippen molar-refractivity contribution in [3.63, 3.8) is 0 Å². The van der Waals surface area contributed by atoms with Crippen molar-refractivity contribution in [2.24, 2.45) is 0 Å². The van der Waals surface area contributed by atoms with Crippen molar-refractivity contribution < 1.29 is 4.74 Å². The van der Waals surface area contributed by atoms with Gasteiger partial charge in [-0.25, -0.2) is 4.98 Å². The van der Waals surface area contributed by atoms with Crippen LogP contribution >= 0.6 is 15.9 Å². The van der Waals surface area contributed by atoms with Gasteiger partial charge in [-0.1, -0.05) is 58.4 Å². The third kappa shape index (κ3) is 2.47. The zero-order valence-corrected chi connectivity index (χ0v) is 14.2. The molecule has 0 aliphatic heterocycles. The van der Waals surface area contributed by atoms with Gasteiger partial charge < -0.3 is 4.74 Å². The lowest BCUT2D eigenvalue weighted by atomic mass is 9.96. The quantitative estimate of drug-likeness (QED) is 0.447. The topological polar surface area (TPSA) is 22.1 Å². The second kappa shape index (κ2) is 5.67. The molecule has 0 aliphatic carbocycles. The molecule has 3 heteroatoms. The van der Waals surface area contributed by atoms with Crippen LogP contribution in [-0.2, 0) is 0 Å². The van der Waals surface area contributed by atoms with Gasteiger partial charge in [-0.05, 0) is 40.1 Å². The fourth-order valence-electron chi connectivity index (χ4n) is 2.96. The summed E-state index contributed by atoms with van der Waals surface area (Å²) in [6.45, 7) is 0. The monoisotopic (exact) mass is 363 g/mol. The molecule has 0 N–H and O–H groups in total. The number of hydrogen-bond donors (Lipinski definition) is 0. The summed E-state index contributed by atoms with van der Waals surface area (Å²) in [6, 6.07) is 22.9. The molecule has 23 heavy (non-hydrogen) atoms. The molecule has 3 aromatic carbocycles. The van der Waals surface area contributed by atoms with Crippen LogP contribution in [0.25, 0.3) is 32.8 Å². The Morgan fingerprint density at radius 1 is 0.826 bits per heavy atom. The lowest BCUT2D eigenvalue weighted by Gasteiger charge is -2.12. The van der Waals surface area contributed by atoms with Crippen LogP contribution in [0.3, 0.4) is 0 Å². The fourth-order valence-corrected chi connectivity index (χ4v) is 3.32. The highest BCUT2D eigenvalue weighted by molar-refractivity contribution is 9.10. The number of halogens is 1. The molecular weight excluding hydrogens is 350 g/mol. The Bertz CT molecular complexity index is 1020. The van der Waals surface area contributed by atoms with Crippen LogP contribution < -0.4 is 4.74 Å². The molecule has 0 spiro atoms. The van der Waals surface area contributed by atoms with Gasteiger partial charge in [0.15, 0.2) is 0 Å². The minimum absolute atomic E-state index is 0.628. The first-order valence-corrected chi connectivity index (χ1v) is 8.18. The van der Waals surface area contributed by atoms with Gasteiger partial charge in [0.1, 0.15) is 0 Å². The smallest absolute Gasteiger partial charge is 0.214 e. The molecule has 0 atom stereocenters. The number of benzene rings is 3. The molecule has 4 aromatic rings. The maximum atomic E-state index is 5.40. The van der Waals surface area contributed by atoms with Crippen molar-refractivity contribution in [2.75, 3.05) is 7.11 Å². The molecule has 0 saturated carbocycles. The van der Waals surface area contributed by atoms with Gasteiger partial charge in [-0.2, -0.15) is 0 Å². The molecular formula is C20H14BrNO. The van der Waals surface area contributed by atoms with Gasteiger partial charge in [0.2, 0.25) is 5.88 Å². The second-order valence-corrected chi connectivity index (χ2v) is 6.32. The average Bonchev–Trinajstić information content (AvgIpc) is 2.60. The predicted octanol–water partition coefficient (Wildman–Crippen LogP) is 5.83. The van der Waals surface area contributed by atoms with Crippen molar-refractivity contribution in [3.05, 3.63) is 71.2 Å². The Balaban J connectivity index is 2.13. The Morgan fingerprint density at radius 2 is 1.65 bits per heavy atom. The lowest BCUT2D eigenvalue weighted by Crippen LogP contribution is -1.92. The first-order chi connectivity index (χ1) is 11.3. The van der Waals surface area contributed by atoms with Gasteiger partial charge in [-0.15, -0.1) is 0 Å². The van der Waals surface area contributed by atoms with E-state index < -0.39 is 0 Å². The van der Waals surface area contributed by atoms with Gasteiger partial charge in [0.05, 0.1) is 12.6 Å². The molecule has 0 bridgehead atoms. The van der Waals surface area contributed by atoms with Gasteiger partial charge >= 0.3 is 0 Å². The summed E-state index contributed by atoms with van der Waals surface area (Å²) in [7, 11) is 1.65. The number of ether oxygens (including phenoxy) is 1. The number of hydrogen-bond acceptors (Lipinski definition) is 2. The maximum Gasteiger partial charge on any atom is 0.214 e. The molecule has 0 fully saturated rings. The summed E-state index contributed by atoms with van der Waals surface area (Å²) in [5, 5.41) is 3.56. The van der Waals surface area contributed by atoms with Crippen molar-refractivity contribution in [1.29, 1.82) is 0 Å². The average molecular weight is 364 g/mol. The van der Waals surface area contributed by atoms with Crippen LogP contribution in [0.2, 0.25) is 0 Å². The van der Waals surface area contributed by atoms with E-state index in [2.05, 4.69) is 69.4 Å². The Hall–Kier alpha value is -2.39. The SMILES string of the molecule is COc1cc(-c2cccc3ccccc23)c2cc(Br)ccc2n1. The van der Waals surface area contributed by atoms with Crippen molar-refractivity contribution >= 4 is 37.6 Å². The number of pyridine rings is 1. The Morgan fingerprint density at radius 3 is 2.52 bits per heavy atom. The first-order valence-electron chi connectivity index (χ1n) is 7.39. The van der Waals surface area contributed by atoms with E-state index in [4.69, 9.17) is 4.74 Å². The lowest BCUT2D eigenvalue weighted by molar-refractivity contribution is 0.400. The van der Waals surface area contributed by atoms with E-state index in [1.807, 2.05) is 18.2 Å². The largest absolute Gasteiger partial charge is 0.481 e. The summed E-state index contributed by atoms with van der Waals surface area (Å²) < 4.78 is 6.44. The Labute approximate surface area is 142 Å². The van der Waals surface area contributed by atoms with E-state index >= 15 is 0 Å². The number of nitrogens with zero attached hydrogens (tertiary/aromatic N) is 1. The zero-order chi connectivity index (χ0) is 15.8. The number of rotatable bonds is 2. The molecule has 0 amide bonds. The van der Waals surface area contributed by atoms with E-state index in [0.29, 0.717) is 5.88 Å². The standard InChI is InChI=1S/C20H14BrNO/c1-23-20-12-17(18-11-14(21)9-10-19(18)22-20)16-8-4-6-13-5-2-3-7-15(13)16/h2-12H,1H3. The summed E-state index contributed by atoms with van der Waals surface area (Å²) in [4.78, 5) is 4.56. The molecule has 4 rings (SSSR count). The zero-order valence-electron chi connectivity index (χ0n) is 12.6. The van der Waals surface area contributed by atoms with Crippen LogP contribution in [0.15, 0.2) is 71.2 Å². The van der Waals surface area contributed by atoms with E-state index in [1.54, 1.807) is 7.11 Å². The van der Waals surface area contributed by atoms with Crippen LogP contribution in [0, 0.1) is 0 Å². The third-order valence-electron chi connectivity index (χ3n) is 4.04. The first kappa shape index (κ1) is 14.2. The van der Waals surface area contributed by atoms with Gasteiger partial charge in [0, 0.05) is 15.9 Å². The minimum Gasteiger partial charge on any atom is -0.481 e. The molecule has 2 nitrogen and oxygen atoms in total. The highest BCUT2D eigenvalue weighted by Gasteiger charge is 2.11. The fraction of sp³-hybridized carbons (Fsp3) is 0.0500. The summed E-state index contributed by atoms with van der Waals surface area (Å²) in [5.41, 5.74) is 3.24. The van der Waals surface area contributed by atoms with Crippen molar-refractivity contribution in [2.45, 2.75) is 0 Å². The molecule has 112 valence electrons. The van der Waals surface area contributed by atoms with E-state index in [-0.39, 0.29) is 0 Å². The van der Waals surface area contributed by atoms with E-state index in [9.17, 15) is 0 Å². The summed E-state index contributed by atoms with van der Waals surface area (Å²) in [5.74, 6) is 0.628. The second-order valence-electron chi connectivity index (χ2n) is 5.40. The highest BCUT2D eigenvalue weighted by Crippen LogP contribution is 2.36. The van der Waals surface area contributed by atoms with Crippen molar-refractivity contribution in [1.82, 2.24) is 4.98 Å². The number of fused-ring (bicyclic) bond motifs is 2. The van der Waals surface area contributed by atoms with Crippen LogP contribution in [0.4, 0.5) is 0 Å². The number of aromatic nitrogens is 1. The van der Waals surface area contributed by atoms with Gasteiger partial charge in [0.25, 0.3) is 0 Å². The summed E-state index contributed by atoms with van der Waals surface area (Å²) in [6.07, 6.45) is 0. The molecule has 0 saturated heterocycles. The highest BCUT2D eigenvalue weighted by atomic mass is 79.9. The maximum absolute atomic E-state index is 5.40. The normalized spacial score (nSPS) is 11.0. The third-order valence-corrected chi connectivity index (χ3v) is 4.53. The molecule has 0 unspecified atom stereocenters. The molecule has 1 heterocycles. The van der Waals surface area contributed by atoms with Crippen LogP contribution in [0.5, 0.6) is 5.88 Å². The molecule has 0 aliphatic rings. The number of methoxy groups -OCH3 is 1. The van der Waals surface area contributed by atoms with Gasteiger partial charge in [-0.3, -0.25) is 0 Å². The van der Waals surface area contributed by atoms with Crippen molar-refractivity contribution in [3.8, 4) is 17.0 Å². The van der Waals surface area contributed by atoms with Crippen LogP contribution in [-0.4, -0.2) is 12.1 Å². The predicted molar refractivity (Wildman–Crippen MR) is 98.9 cm³/mol. The molecule has 0 radical (unpaired) electrons. The van der Waals surface area contributed by atoms with E-state index in [1.165, 1.54) is 16.3 Å². The summed E-state index contributed by atoms with van der Waals surface area (Å²) >= 11 is 3.57. The Kier molecular flexibility index (Phi) is 3.50.